The lowest BCUT2D eigenvalue weighted by molar-refractivity contribution is 0.305. The Morgan fingerprint density at radius 2 is 2.22 bits per heavy atom. The van der Waals surface area contributed by atoms with E-state index in [1.807, 2.05) is 24.3 Å². The number of rotatable bonds is 3. The predicted molar refractivity (Wildman–Crippen MR) is 65.2 cm³/mol. The van der Waals surface area contributed by atoms with Gasteiger partial charge in [0.25, 0.3) is 0 Å². The molecule has 6 heteroatoms. The number of anilines is 1. The first kappa shape index (κ1) is 11.0. The summed E-state index contributed by atoms with van der Waals surface area (Å²) in [4.78, 5) is 6.38. The monoisotopic (exact) mass is 246 g/mol. The fourth-order valence-electron chi connectivity index (χ4n) is 2.00. The molecule has 3 rings (SSSR count). The van der Waals surface area contributed by atoms with Crippen LogP contribution in [0.3, 0.4) is 0 Å². The molecular formula is C12H14N4O2. The van der Waals surface area contributed by atoms with E-state index in [2.05, 4.69) is 15.0 Å². The zero-order chi connectivity index (χ0) is 12.4. The Kier molecular flexibility index (Phi) is 2.85. The fourth-order valence-corrected chi connectivity index (χ4v) is 2.00. The second-order valence-corrected chi connectivity index (χ2v) is 4.05. The van der Waals surface area contributed by atoms with Gasteiger partial charge in [-0.2, -0.15) is 4.98 Å². The topological polar surface area (TPSA) is 77.4 Å². The van der Waals surface area contributed by atoms with Crippen LogP contribution in [0.5, 0.6) is 5.75 Å². The predicted octanol–water partition coefficient (Wildman–Crippen LogP) is 0.927. The van der Waals surface area contributed by atoms with Gasteiger partial charge in [0.1, 0.15) is 12.4 Å². The van der Waals surface area contributed by atoms with Crippen LogP contribution >= 0.6 is 0 Å². The van der Waals surface area contributed by atoms with E-state index < -0.39 is 0 Å². The van der Waals surface area contributed by atoms with Gasteiger partial charge in [0.15, 0.2) is 5.82 Å². The van der Waals surface area contributed by atoms with Gasteiger partial charge >= 0.3 is 0 Å². The highest BCUT2D eigenvalue weighted by Gasteiger charge is 2.19. The second kappa shape index (κ2) is 4.66. The van der Waals surface area contributed by atoms with Crippen LogP contribution in [0.15, 0.2) is 28.8 Å². The van der Waals surface area contributed by atoms with E-state index in [1.165, 1.54) is 0 Å². The lowest BCUT2D eigenvalue weighted by Crippen LogP contribution is -2.32. The van der Waals surface area contributed by atoms with Crippen LogP contribution in [0.25, 0.3) is 0 Å². The summed E-state index contributed by atoms with van der Waals surface area (Å²) in [6, 6.07) is 7.94. The van der Waals surface area contributed by atoms with Gasteiger partial charge in [0, 0.05) is 0 Å². The van der Waals surface area contributed by atoms with E-state index in [0.29, 0.717) is 24.9 Å². The second-order valence-electron chi connectivity index (χ2n) is 4.05. The molecule has 2 heterocycles. The Labute approximate surface area is 104 Å². The Hall–Kier alpha value is -2.08. The normalized spacial score (nSPS) is 14.2. The smallest absolute Gasteiger partial charge is 0.240 e. The third-order valence-electron chi connectivity index (χ3n) is 2.84. The molecule has 1 aromatic carbocycles. The molecule has 18 heavy (non-hydrogen) atoms. The minimum Gasteiger partial charge on any atom is -0.490 e. The van der Waals surface area contributed by atoms with Gasteiger partial charge in [0.2, 0.25) is 5.89 Å². The number of fused-ring (bicyclic) bond motifs is 1. The highest BCUT2D eigenvalue weighted by atomic mass is 16.5. The molecule has 6 nitrogen and oxygen atoms in total. The first-order valence-corrected chi connectivity index (χ1v) is 5.85. The molecule has 1 aliphatic rings. The summed E-state index contributed by atoms with van der Waals surface area (Å²) in [6.07, 6.45) is 0. The quantitative estimate of drug-likeness (QED) is 0.868. The largest absolute Gasteiger partial charge is 0.490 e. The number of para-hydroxylation sites is 2. The van der Waals surface area contributed by atoms with Crippen molar-refractivity contribution in [2.45, 2.75) is 13.1 Å². The molecule has 0 atom stereocenters. The van der Waals surface area contributed by atoms with Crippen LogP contribution in [-0.4, -0.2) is 23.3 Å². The van der Waals surface area contributed by atoms with Crippen molar-refractivity contribution in [1.82, 2.24) is 10.1 Å². The molecule has 2 N–H and O–H groups in total. The summed E-state index contributed by atoms with van der Waals surface area (Å²) in [5, 5.41) is 3.91. The van der Waals surface area contributed by atoms with Crippen molar-refractivity contribution < 1.29 is 9.26 Å². The Morgan fingerprint density at radius 1 is 1.33 bits per heavy atom. The standard InChI is InChI=1S/C12H14N4O2/c13-7-12-14-11(15-18-12)8-16-5-6-17-10-4-2-1-3-9(10)16/h1-4H,5-8,13H2. The van der Waals surface area contributed by atoms with Crippen molar-refractivity contribution in [3.8, 4) is 5.75 Å². The maximum Gasteiger partial charge on any atom is 0.240 e. The third-order valence-corrected chi connectivity index (χ3v) is 2.84. The SMILES string of the molecule is NCc1nc(CN2CCOc3ccccc32)no1. The molecule has 1 aromatic heterocycles. The fraction of sp³-hybridized carbons (Fsp3) is 0.333. The van der Waals surface area contributed by atoms with Gasteiger partial charge < -0.3 is 19.9 Å². The van der Waals surface area contributed by atoms with Crippen LogP contribution < -0.4 is 15.4 Å². The number of nitrogens with two attached hydrogens (primary N) is 1. The van der Waals surface area contributed by atoms with Crippen LogP contribution in [0.2, 0.25) is 0 Å². The van der Waals surface area contributed by atoms with Crippen molar-refractivity contribution in [1.29, 1.82) is 0 Å². The van der Waals surface area contributed by atoms with Gasteiger partial charge in [-0.1, -0.05) is 17.3 Å². The van der Waals surface area contributed by atoms with Crippen molar-refractivity contribution in [2.75, 3.05) is 18.1 Å². The molecule has 1 aliphatic heterocycles. The molecule has 2 aromatic rings. The van der Waals surface area contributed by atoms with E-state index in [1.54, 1.807) is 0 Å². The Balaban J connectivity index is 1.81. The van der Waals surface area contributed by atoms with Crippen LogP contribution in [-0.2, 0) is 13.1 Å². The Bertz CT molecular complexity index is 540. The van der Waals surface area contributed by atoms with Crippen LogP contribution in [0.4, 0.5) is 5.69 Å². The zero-order valence-corrected chi connectivity index (χ0v) is 9.87. The molecular weight excluding hydrogens is 232 g/mol. The maximum atomic E-state index is 5.59. The number of hydrogen-bond donors (Lipinski definition) is 1. The number of hydrogen-bond acceptors (Lipinski definition) is 6. The highest BCUT2D eigenvalue weighted by molar-refractivity contribution is 5.59. The van der Waals surface area contributed by atoms with Crippen molar-refractivity contribution >= 4 is 5.69 Å². The molecule has 0 spiro atoms. The number of benzene rings is 1. The molecule has 0 unspecified atom stereocenters. The summed E-state index contributed by atoms with van der Waals surface area (Å²) in [5.41, 5.74) is 6.50. The first-order chi connectivity index (χ1) is 8.86. The molecule has 0 saturated heterocycles. The summed E-state index contributed by atoms with van der Waals surface area (Å²) >= 11 is 0. The summed E-state index contributed by atoms with van der Waals surface area (Å²) in [6.45, 7) is 2.35. The molecule has 0 radical (unpaired) electrons. The van der Waals surface area contributed by atoms with E-state index in [0.717, 1.165) is 18.0 Å². The van der Waals surface area contributed by atoms with Crippen molar-refractivity contribution in [2.24, 2.45) is 5.73 Å². The van der Waals surface area contributed by atoms with E-state index in [4.69, 9.17) is 15.0 Å². The van der Waals surface area contributed by atoms with E-state index in [-0.39, 0.29) is 6.54 Å². The average Bonchev–Trinajstić information content (AvgIpc) is 2.87. The molecule has 0 aliphatic carbocycles. The van der Waals surface area contributed by atoms with Crippen LogP contribution in [0.1, 0.15) is 11.7 Å². The van der Waals surface area contributed by atoms with E-state index in [9.17, 15) is 0 Å². The van der Waals surface area contributed by atoms with Gasteiger partial charge in [0.05, 0.1) is 25.3 Å². The minimum absolute atomic E-state index is 0.271. The number of ether oxygens (including phenoxy) is 1. The average molecular weight is 246 g/mol. The van der Waals surface area contributed by atoms with E-state index >= 15 is 0 Å². The lowest BCUT2D eigenvalue weighted by Gasteiger charge is -2.30. The molecule has 0 fully saturated rings. The van der Waals surface area contributed by atoms with Crippen molar-refractivity contribution in [3.05, 3.63) is 36.0 Å². The highest BCUT2D eigenvalue weighted by Crippen LogP contribution is 2.31. The van der Waals surface area contributed by atoms with Gasteiger partial charge in [-0.15, -0.1) is 0 Å². The molecule has 0 saturated carbocycles. The summed E-state index contributed by atoms with van der Waals surface area (Å²) in [7, 11) is 0. The van der Waals surface area contributed by atoms with Gasteiger partial charge in [-0.05, 0) is 12.1 Å². The zero-order valence-electron chi connectivity index (χ0n) is 9.87. The maximum absolute atomic E-state index is 5.59. The summed E-state index contributed by atoms with van der Waals surface area (Å²) in [5.74, 6) is 2.00. The number of nitrogens with zero attached hydrogens (tertiary/aromatic N) is 3. The lowest BCUT2D eigenvalue weighted by atomic mass is 10.2. The number of aromatic nitrogens is 2. The first-order valence-electron chi connectivity index (χ1n) is 5.85. The van der Waals surface area contributed by atoms with Gasteiger partial charge in [-0.3, -0.25) is 0 Å². The minimum atomic E-state index is 0.271. The Morgan fingerprint density at radius 3 is 3.06 bits per heavy atom. The summed E-state index contributed by atoms with van der Waals surface area (Å²) < 4.78 is 10.6. The molecule has 0 bridgehead atoms. The van der Waals surface area contributed by atoms with Crippen molar-refractivity contribution in [3.63, 3.8) is 0 Å². The molecule has 94 valence electrons. The molecule has 0 amide bonds. The van der Waals surface area contributed by atoms with Gasteiger partial charge in [-0.25, -0.2) is 0 Å². The third kappa shape index (κ3) is 2.02. The van der Waals surface area contributed by atoms with Crippen LogP contribution in [0, 0.1) is 0 Å².